The lowest BCUT2D eigenvalue weighted by Gasteiger charge is -2.26. The van der Waals surface area contributed by atoms with Gasteiger partial charge in [0.1, 0.15) is 21.6 Å². The van der Waals surface area contributed by atoms with Crippen molar-refractivity contribution in [1.82, 2.24) is 34.7 Å². The number of aromatic nitrogens is 7. The van der Waals surface area contributed by atoms with Crippen LogP contribution < -0.4 is 11.1 Å². The van der Waals surface area contributed by atoms with Gasteiger partial charge in [-0.2, -0.15) is 4.63 Å². The smallest absolute Gasteiger partial charge is 0.201 e. The Morgan fingerprint density at radius 3 is 2.55 bits per heavy atom. The molecule has 1 aliphatic rings. The number of hydrogen-bond acceptors (Lipinski definition) is 9. The number of benzene rings is 1. The highest BCUT2D eigenvalue weighted by atomic mass is 32.2. The number of nitrogens with one attached hydrogen (secondary N) is 2. The maximum Gasteiger partial charge on any atom is 0.201 e. The van der Waals surface area contributed by atoms with Crippen LogP contribution in [0, 0.1) is 0 Å². The molecule has 33 heavy (non-hydrogen) atoms. The summed E-state index contributed by atoms with van der Waals surface area (Å²) in [5, 5.41) is 22.3. The summed E-state index contributed by atoms with van der Waals surface area (Å²) in [6.45, 7) is 8.33. The highest BCUT2D eigenvalue weighted by molar-refractivity contribution is 8.14. The minimum Gasteiger partial charge on any atom is -0.350 e. The molecule has 0 saturated carbocycles. The number of H-pyrrole nitrogens is 1. The molecule has 1 aliphatic heterocycles. The van der Waals surface area contributed by atoms with Crippen LogP contribution in [-0.2, 0) is 5.66 Å². The topological polar surface area (TPSA) is 127 Å². The van der Waals surface area contributed by atoms with Gasteiger partial charge in [-0.05, 0) is 11.5 Å². The first-order valence-corrected chi connectivity index (χ1v) is 12.8. The van der Waals surface area contributed by atoms with Crippen LogP contribution >= 0.6 is 23.5 Å². The van der Waals surface area contributed by atoms with Crippen LogP contribution in [0.15, 0.2) is 40.5 Å². The fraction of sp³-hybridized carbons (Fsp3) is 0.381. The van der Waals surface area contributed by atoms with Crippen molar-refractivity contribution in [3.05, 3.63) is 42.0 Å². The van der Waals surface area contributed by atoms with E-state index >= 15 is 0 Å². The van der Waals surface area contributed by atoms with Crippen molar-refractivity contribution in [2.75, 3.05) is 16.8 Å². The molecule has 0 fully saturated rings. The fourth-order valence-electron chi connectivity index (χ4n) is 3.60. The SMILES string of the molecule is CCSC1=Nn2nc(-c3ccccc3)nc2C1(N)Nc1c(SCC)nn2[nH]c(C(C)C)nc12. The second-order valence-electron chi connectivity index (χ2n) is 7.90. The van der Waals surface area contributed by atoms with E-state index in [-0.39, 0.29) is 5.92 Å². The van der Waals surface area contributed by atoms with E-state index in [4.69, 9.17) is 20.8 Å². The predicted molar refractivity (Wildman–Crippen MR) is 134 cm³/mol. The zero-order chi connectivity index (χ0) is 23.2. The van der Waals surface area contributed by atoms with Crippen LogP contribution in [0.3, 0.4) is 0 Å². The number of fused-ring (bicyclic) bond motifs is 2. The molecule has 10 nitrogen and oxygen atoms in total. The molecule has 3 aromatic heterocycles. The van der Waals surface area contributed by atoms with Gasteiger partial charge in [-0.25, -0.2) is 9.97 Å². The number of nitrogens with two attached hydrogens (primary N) is 1. The molecule has 4 heterocycles. The van der Waals surface area contributed by atoms with Gasteiger partial charge in [-0.3, -0.25) is 10.8 Å². The second-order valence-corrected chi connectivity index (χ2v) is 10.4. The first kappa shape index (κ1) is 22.0. The normalized spacial score (nSPS) is 17.7. The molecule has 1 unspecified atom stereocenters. The molecular formula is C21H26N10S2. The average molecular weight is 483 g/mol. The summed E-state index contributed by atoms with van der Waals surface area (Å²) in [7, 11) is 0. The molecule has 1 aromatic carbocycles. The van der Waals surface area contributed by atoms with Crippen molar-refractivity contribution in [3.63, 3.8) is 0 Å². The minimum atomic E-state index is -1.16. The highest BCUT2D eigenvalue weighted by Gasteiger charge is 2.46. The molecule has 0 amide bonds. The third-order valence-corrected chi connectivity index (χ3v) is 7.02. The van der Waals surface area contributed by atoms with E-state index in [1.54, 1.807) is 28.2 Å². The van der Waals surface area contributed by atoms with E-state index < -0.39 is 5.66 Å². The predicted octanol–water partition coefficient (Wildman–Crippen LogP) is 3.70. The third-order valence-electron chi connectivity index (χ3n) is 5.21. The molecule has 0 radical (unpaired) electrons. The largest absolute Gasteiger partial charge is 0.350 e. The van der Waals surface area contributed by atoms with Crippen molar-refractivity contribution >= 4 is 39.9 Å². The molecule has 1 atom stereocenters. The van der Waals surface area contributed by atoms with Crippen LogP contribution in [0.1, 0.15) is 45.3 Å². The summed E-state index contributed by atoms with van der Waals surface area (Å²) in [6.07, 6.45) is 0. The average Bonchev–Trinajstić information content (AvgIpc) is 3.53. The fourth-order valence-corrected chi connectivity index (χ4v) is 5.08. The molecule has 4 aromatic rings. The second kappa shape index (κ2) is 8.50. The number of nitrogens with zero attached hydrogens (tertiary/aromatic N) is 7. The van der Waals surface area contributed by atoms with E-state index in [0.29, 0.717) is 22.3 Å². The molecule has 0 saturated heterocycles. The Balaban J connectivity index is 1.61. The summed E-state index contributed by atoms with van der Waals surface area (Å²) in [4.78, 5) is 11.1. The monoisotopic (exact) mass is 482 g/mol. The van der Waals surface area contributed by atoms with Crippen molar-refractivity contribution in [2.24, 2.45) is 10.8 Å². The van der Waals surface area contributed by atoms with Crippen LogP contribution in [0.25, 0.3) is 17.0 Å². The Bertz CT molecular complexity index is 1320. The summed E-state index contributed by atoms with van der Waals surface area (Å²) < 4.78 is 1.71. The molecule has 0 aliphatic carbocycles. The molecule has 0 bridgehead atoms. The maximum absolute atomic E-state index is 7.04. The van der Waals surface area contributed by atoms with Crippen LogP contribution in [0.2, 0.25) is 0 Å². The first-order chi connectivity index (χ1) is 15.9. The van der Waals surface area contributed by atoms with E-state index in [2.05, 4.69) is 48.3 Å². The van der Waals surface area contributed by atoms with Crippen molar-refractivity contribution in [3.8, 4) is 11.4 Å². The van der Waals surface area contributed by atoms with Crippen molar-refractivity contribution < 1.29 is 0 Å². The number of hydrogen-bond donors (Lipinski definition) is 3. The van der Waals surface area contributed by atoms with Crippen LogP contribution in [-0.4, -0.2) is 51.2 Å². The van der Waals surface area contributed by atoms with Gasteiger partial charge in [0.25, 0.3) is 0 Å². The lowest BCUT2D eigenvalue weighted by atomic mass is 10.1. The summed E-state index contributed by atoms with van der Waals surface area (Å²) in [6, 6.07) is 9.81. The summed E-state index contributed by atoms with van der Waals surface area (Å²) in [5.41, 5.74) is 8.24. The standard InChI is InChI=1S/C21H26N10S2/c1-5-32-18-14(17-23-15(12(3)4)26-30(17)28-18)25-21(22)19-24-16(13-10-8-7-9-11-13)27-31(19)29-20(21)33-6-2/h7-12,25H,5-6,22H2,1-4H3,(H,23,26). The number of anilines is 1. The van der Waals surface area contributed by atoms with E-state index in [1.807, 2.05) is 30.3 Å². The quantitative estimate of drug-likeness (QED) is 0.269. The minimum absolute atomic E-state index is 0.240. The Morgan fingerprint density at radius 2 is 1.85 bits per heavy atom. The summed E-state index contributed by atoms with van der Waals surface area (Å²) >= 11 is 3.19. The molecule has 12 heteroatoms. The number of thioether (sulfide) groups is 2. The molecule has 0 spiro atoms. The lowest BCUT2D eigenvalue weighted by Crippen LogP contribution is -2.49. The third kappa shape index (κ3) is 3.71. The van der Waals surface area contributed by atoms with Gasteiger partial charge in [0.15, 0.2) is 11.5 Å². The molecule has 172 valence electrons. The van der Waals surface area contributed by atoms with Gasteiger partial charge < -0.3 is 5.32 Å². The van der Waals surface area contributed by atoms with Gasteiger partial charge in [0.05, 0.1) is 0 Å². The highest BCUT2D eigenvalue weighted by Crippen LogP contribution is 2.38. The molecule has 5 rings (SSSR count). The molecular weight excluding hydrogens is 456 g/mol. The van der Waals surface area contributed by atoms with Gasteiger partial charge in [-0.15, -0.1) is 43.6 Å². The Labute approximate surface area is 199 Å². The number of rotatable bonds is 7. The van der Waals surface area contributed by atoms with E-state index in [0.717, 1.165) is 33.6 Å². The zero-order valence-corrected chi connectivity index (χ0v) is 20.5. The van der Waals surface area contributed by atoms with E-state index in [9.17, 15) is 0 Å². The zero-order valence-electron chi connectivity index (χ0n) is 18.9. The van der Waals surface area contributed by atoms with Gasteiger partial charge in [-0.1, -0.05) is 58.0 Å². The maximum atomic E-state index is 7.04. The van der Waals surface area contributed by atoms with Gasteiger partial charge in [0.2, 0.25) is 11.5 Å². The molecule has 4 N–H and O–H groups in total. The summed E-state index contributed by atoms with van der Waals surface area (Å²) in [5.74, 6) is 3.89. The van der Waals surface area contributed by atoms with Gasteiger partial charge >= 0.3 is 0 Å². The van der Waals surface area contributed by atoms with Crippen molar-refractivity contribution in [1.29, 1.82) is 0 Å². The Kier molecular flexibility index (Phi) is 5.67. The first-order valence-electron chi connectivity index (χ1n) is 10.9. The van der Waals surface area contributed by atoms with Gasteiger partial charge in [0, 0.05) is 11.5 Å². The van der Waals surface area contributed by atoms with Crippen LogP contribution in [0.5, 0.6) is 0 Å². The van der Waals surface area contributed by atoms with Crippen molar-refractivity contribution in [2.45, 2.75) is 44.3 Å². The van der Waals surface area contributed by atoms with E-state index in [1.165, 1.54) is 4.79 Å². The Hall–Kier alpha value is -2.83. The Morgan fingerprint density at radius 1 is 1.09 bits per heavy atom. The lowest BCUT2D eigenvalue weighted by molar-refractivity contribution is 0.625. The van der Waals surface area contributed by atoms with Crippen LogP contribution in [0.4, 0.5) is 5.69 Å². The number of aromatic amines is 1.